The fraction of sp³-hybridized carbons (Fsp3) is 0.889. The van der Waals surface area contributed by atoms with E-state index in [1.807, 2.05) is 0 Å². The molecule has 1 rings (SSSR count). The van der Waals surface area contributed by atoms with E-state index in [9.17, 15) is 4.79 Å². The van der Waals surface area contributed by atoms with Crippen molar-refractivity contribution >= 4 is 6.09 Å². The molecule has 0 radical (unpaired) electrons. The number of carbonyl (C=O) groups is 1. The topological polar surface area (TPSA) is 82.8 Å². The predicted molar refractivity (Wildman–Crippen MR) is 53.0 cm³/mol. The summed E-state index contributed by atoms with van der Waals surface area (Å²) in [4.78, 5) is 11.3. The van der Waals surface area contributed by atoms with Crippen LogP contribution < -0.4 is 11.1 Å². The Balaban J connectivity index is 2.27. The molecular formula is C9H18N2O4. The van der Waals surface area contributed by atoms with E-state index in [0.717, 1.165) is 0 Å². The van der Waals surface area contributed by atoms with Crippen LogP contribution in [0.2, 0.25) is 0 Å². The minimum absolute atomic E-state index is 0.209. The molecule has 3 N–H and O–H groups in total. The Labute approximate surface area is 89.0 Å². The summed E-state index contributed by atoms with van der Waals surface area (Å²) in [5.74, 6) is 0. The van der Waals surface area contributed by atoms with Gasteiger partial charge in [0.05, 0.1) is 19.3 Å². The third-order valence-corrected chi connectivity index (χ3v) is 1.64. The molecule has 0 spiro atoms. The molecule has 15 heavy (non-hydrogen) atoms. The maximum atomic E-state index is 11.3. The van der Waals surface area contributed by atoms with Gasteiger partial charge in [-0.3, -0.25) is 5.73 Å². The third kappa shape index (κ3) is 4.96. The minimum Gasteiger partial charge on any atom is -0.444 e. The Morgan fingerprint density at radius 1 is 1.40 bits per heavy atom. The number of amides is 1. The highest BCUT2D eigenvalue weighted by atomic mass is 16.7. The van der Waals surface area contributed by atoms with Gasteiger partial charge in [0.15, 0.2) is 0 Å². The van der Waals surface area contributed by atoms with Crippen LogP contribution in [-0.4, -0.2) is 37.4 Å². The number of carbonyl (C=O) groups excluding carboxylic acids is 1. The SMILES string of the molecule is CC(C)(C)OC(=O)NC1COC(N)OC1. The number of nitrogens with one attached hydrogen (secondary N) is 1. The van der Waals surface area contributed by atoms with Gasteiger partial charge in [0.2, 0.25) is 6.41 Å². The van der Waals surface area contributed by atoms with Crippen molar-refractivity contribution in [2.45, 2.75) is 38.8 Å². The van der Waals surface area contributed by atoms with E-state index in [0.29, 0.717) is 13.2 Å². The first-order valence-corrected chi connectivity index (χ1v) is 4.85. The van der Waals surface area contributed by atoms with Gasteiger partial charge in [-0.1, -0.05) is 0 Å². The molecule has 0 atom stereocenters. The summed E-state index contributed by atoms with van der Waals surface area (Å²) in [5, 5.41) is 2.63. The quantitative estimate of drug-likeness (QED) is 0.655. The van der Waals surface area contributed by atoms with E-state index in [-0.39, 0.29) is 6.04 Å². The number of ether oxygens (including phenoxy) is 3. The second-order valence-electron chi connectivity index (χ2n) is 4.38. The summed E-state index contributed by atoms with van der Waals surface area (Å²) in [5.41, 5.74) is 4.84. The van der Waals surface area contributed by atoms with Crippen molar-refractivity contribution in [3.8, 4) is 0 Å². The highest BCUT2D eigenvalue weighted by Crippen LogP contribution is 2.07. The van der Waals surface area contributed by atoms with E-state index < -0.39 is 18.1 Å². The highest BCUT2D eigenvalue weighted by Gasteiger charge is 2.23. The summed E-state index contributed by atoms with van der Waals surface area (Å²) >= 11 is 0. The van der Waals surface area contributed by atoms with Crippen LogP contribution in [0.3, 0.4) is 0 Å². The van der Waals surface area contributed by atoms with Crippen LogP contribution in [0, 0.1) is 0 Å². The molecular weight excluding hydrogens is 200 g/mol. The number of nitrogens with two attached hydrogens (primary N) is 1. The van der Waals surface area contributed by atoms with E-state index in [1.165, 1.54) is 0 Å². The lowest BCUT2D eigenvalue weighted by atomic mass is 10.2. The average molecular weight is 218 g/mol. The second-order valence-corrected chi connectivity index (χ2v) is 4.38. The smallest absolute Gasteiger partial charge is 0.408 e. The molecule has 0 unspecified atom stereocenters. The van der Waals surface area contributed by atoms with Crippen molar-refractivity contribution < 1.29 is 19.0 Å². The van der Waals surface area contributed by atoms with E-state index in [1.54, 1.807) is 20.8 Å². The van der Waals surface area contributed by atoms with Crippen LogP contribution in [0.5, 0.6) is 0 Å². The summed E-state index contributed by atoms with van der Waals surface area (Å²) in [6.45, 7) is 6.07. The molecule has 1 aliphatic heterocycles. The molecule has 0 aromatic carbocycles. The second kappa shape index (κ2) is 4.78. The van der Waals surface area contributed by atoms with Crippen LogP contribution in [0.4, 0.5) is 4.79 Å². The van der Waals surface area contributed by atoms with Gasteiger partial charge in [-0.2, -0.15) is 0 Å². The molecule has 1 fully saturated rings. The van der Waals surface area contributed by atoms with Crippen LogP contribution >= 0.6 is 0 Å². The zero-order chi connectivity index (χ0) is 11.5. The van der Waals surface area contributed by atoms with E-state index in [4.69, 9.17) is 19.9 Å². The summed E-state index contributed by atoms with van der Waals surface area (Å²) < 4.78 is 15.1. The molecule has 6 nitrogen and oxygen atoms in total. The predicted octanol–water partition coefficient (Wildman–Crippen LogP) is 0.169. The zero-order valence-electron chi connectivity index (χ0n) is 9.28. The van der Waals surface area contributed by atoms with Crippen molar-refractivity contribution in [1.29, 1.82) is 0 Å². The number of hydrogen-bond acceptors (Lipinski definition) is 5. The monoisotopic (exact) mass is 218 g/mol. The third-order valence-electron chi connectivity index (χ3n) is 1.64. The number of hydrogen-bond donors (Lipinski definition) is 2. The normalized spacial score (nSPS) is 27.2. The molecule has 0 aromatic rings. The lowest BCUT2D eigenvalue weighted by Crippen LogP contribution is -2.50. The lowest BCUT2D eigenvalue weighted by molar-refractivity contribution is -0.185. The van der Waals surface area contributed by atoms with Gasteiger partial charge >= 0.3 is 6.09 Å². The number of rotatable bonds is 1. The first kappa shape index (κ1) is 12.2. The molecule has 88 valence electrons. The maximum Gasteiger partial charge on any atom is 0.408 e. The maximum absolute atomic E-state index is 11.3. The zero-order valence-corrected chi connectivity index (χ0v) is 9.28. The largest absolute Gasteiger partial charge is 0.444 e. The van der Waals surface area contributed by atoms with Gasteiger partial charge in [0.1, 0.15) is 5.60 Å². The van der Waals surface area contributed by atoms with E-state index >= 15 is 0 Å². The molecule has 0 aliphatic carbocycles. The molecule has 0 saturated carbocycles. The van der Waals surface area contributed by atoms with Crippen molar-refractivity contribution in [3.05, 3.63) is 0 Å². The van der Waals surface area contributed by atoms with Crippen molar-refractivity contribution in [2.24, 2.45) is 5.73 Å². The molecule has 0 aromatic heterocycles. The lowest BCUT2D eigenvalue weighted by Gasteiger charge is -2.28. The highest BCUT2D eigenvalue weighted by molar-refractivity contribution is 5.68. The Bertz CT molecular complexity index is 219. The number of alkyl carbamates (subject to hydrolysis) is 1. The van der Waals surface area contributed by atoms with Crippen LogP contribution in [-0.2, 0) is 14.2 Å². The van der Waals surface area contributed by atoms with Crippen LogP contribution in [0.25, 0.3) is 0 Å². The Kier molecular flexibility index (Phi) is 3.90. The summed E-state index contributed by atoms with van der Waals surface area (Å²) in [6.07, 6.45) is -1.17. The molecule has 1 heterocycles. The van der Waals surface area contributed by atoms with Crippen LogP contribution in [0.15, 0.2) is 0 Å². The minimum atomic E-state index is -0.693. The molecule has 6 heteroatoms. The Hall–Kier alpha value is -0.850. The van der Waals surface area contributed by atoms with Gasteiger partial charge in [-0.25, -0.2) is 4.79 Å². The fourth-order valence-electron chi connectivity index (χ4n) is 1.08. The first-order chi connectivity index (χ1) is 6.87. The van der Waals surface area contributed by atoms with Gasteiger partial charge in [0, 0.05) is 0 Å². The van der Waals surface area contributed by atoms with Crippen molar-refractivity contribution in [2.75, 3.05) is 13.2 Å². The molecule has 1 aliphatic rings. The van der Waals surface area contributed by atoms with Gasteiger partial charge in [0.25, 0.3) is 0 Å². The standard InChI is InChI=1S/C9H18N2O4/c1-9(2,3)15-8(12)11-6-4-13-7(10)14-5-6/h6-7H,4-5,10H2,1-3H3,(H,11,12). The van der Waals surface area contributed by atoms with Crippen LogP contribution in [0.1, 0.15) is 20.8 Å². The van der Waals surface area contributed by atoms with Gasteiger partial charge < -0.3 is 19.5 Å². The molecule has 1 amide bonds. The Morgan fingerprint density at radius 3 is 2.40 bits per heavy atom. The first-order valence-electron chi connectivity index (χ1n) is 4.85. The Morgan fingerprint density at radius 2 is 1.93 bits per heavy atom. The average Bonchev–Trinajstić information content (AvgIpc) is 2.05. The van der Waals surface area contributed by atoms with Gasteiger partial charge in [-0.15, -0.1) is 0 Å². The molecule has 1 saturated heterocycles. The fourth-order valence-corrected chi connectivity index (χ4v) is 1.08. The van der Waals surface area contributed by atoms with Crippen molar-refractivity contribution in [3.63, 3.8) is 0 Å². The van der Waals surface area contributed by atoms with Gasteiger partial charge in [-0.05, 0) is 20.8 Å². The van der Waals surface area contributed by atoms with E-state index in [2.05, 4.69) is 5.32 Å². The van der Waals surface area contributed by atoms with Crippen molar-refractivity contribution in [1.82, 2.24) is 5.32 Å². The summed E-state index contributed by atoms with van der Waals surface area (Å²) in [7, 11) is 0. The molecule has 0 bridgehead atoms. The summed E-state index contributed by atoms with van der Waals surface area (Å²) in [6, 6.07) is -0.209.